The molecule has 9 heteroatoms. The highest BCUT2D eigenvalue weighted by Crippen LogP contribution is 2.38. The Labute approximate surface area is 173 Å². The molecule has 1 unspecified atom stereocenters. The minimum atomic E-state index is -0.324. The maximum absolute atomic E-state index is 12.5. The van der Waals surface area contributed by atoms with Gasteiger partial charge in [-0.15, -0.1) is 0 Å². The molecule has 2 heterocycles. The highest BCUT2D eigenvalue weighted by atomic mass is 35.5. The van der Waals surface area contributed by atoms with Gasteiger partial charge in [0.15, 0.2) is 5.82 Å². The van der Waals surface area contributed by atoms with Crippen LogP contribution in [0, 0.1) is 5.92 Å². The quantitative estimate of drug-likeness (QED) is 0.590. The zero-order chi connectivity index (χ0) is 20.4. The molecule has 1 atom stereocenters. The van der Waals surface area contributed by atoms with Crippen LogP contribution in [0.15, 0.2) is 33.3 Å². The predicted octanol–water partition coefficient (Wildman–Crippen LogP) is 4.10. The number of rotatable bonds is 8. The molecule has 8 nitrogen and oxygen atoms in total. The van der Waals surface area contributed by atoms with Crippen LogP contribution in [0.4, 0.5) is 0 Å². The van der Waals surface area contributed by atoms with Gasteiger partial charge in [0, 0.05) is 29.3 Å². The fourth-order valence-corrected chi connectivity index (χ4v) is 3.06. The van der Waals surface area contributed by atoms with Gasteiger partial charge in [0.2, 0.25) is 23.5 Å². The number of nitrogens with zero attached hydrogens (tertiary/aromatic N) is 4. The molecular weight excluding hydrogens is 394 g/mol. The molecule has 1 fully saturated rings. The Hall–Kier alpha value is -2.74. The summed E-state index contributed by atoms with van der Waals surface area (Å²) < 4.78 is 10.6. The number of benzene rings is 1. The third kappa shape index (κ3) is 4.82. The third-order valence-corrected chi connectivity index (χ3v) is 5.04. The van der Waals surface area contributed by atoms with Crippen molar-refractivity contribution in [2.24, 2.45) is 5.92 Å². The topological polar surface area (TPSA) is 107 Å². The number of halogens is 1. The Bertz CT molecular complexity index is 978. The van der Waals surface area contributed by atoms with Crippen molar-refractivity contribution in [3.05, 3.63) is 46.9 Å². The average molecular weight is 416 g/mol. The molecule has 1 saturated carbocycles. The van der Waals surface area contributed by atoms with E-state index in [2.05, 4.69) is 25.6 Å². The van der Waals surface area contributed by atoms with E-state index in [-0.39, 0.29) is 24.3 Å². The minimum absolute atomic E-state index is 0.117. The second-order valence-electron chi connectivity index (χ2n) is 7.57. The lowest BCUT2D eigenvalue weighted by atomic mass is 10.0. The molecule has 0 aliphatic heterocycles. The number of amides is 1. The van der Waals surface area contributed by atoms with Gasteiger partial charge in [0.25, 0.3) is 0 Å². The third-order valence-electron chi connectivity index (χ3n) is 4.79. The molecule has 1 aliphatic carbocycles. The second kappa shape index (κ2) is 8.32. The number of aryl methyl sites for hydroxylation is 1. The van der Waals surface area contributed by atoms with Gasteiger partial charge in [-0.25, -0.2) is 0 Å². The Morgan fingerprint density at radius 2 is 1.93 bits per heavy atom. The Morgan fingerprint density at radius 1 is 1.17 bits per heavy atom. The monoisotopic (exact) mass is 415 g/mol. The van der Waals surface area contributed by atoms with Gasteiger partial charge in [-0.2, -0.15) is 9.97 Å². The second-order valence-corrected chi connectivity index (χ2v) is 8.01. The molecule has 1 aliphatic rings. The summed E-state index contributed by atoms with van der Waals surface area (Å²) in [6, 6.07) is 6.83. The molecule has 1 N–H and O–H groups in total. The van der Waals surface area contributed by atoms with Gasteiger partial charge in [-0.1, -0.05) is 35.8 Å². The number of hydrogen-bond donors (Lipinski definition) is 1. The molecule has 29 heavy (non-hydrogen) atoms. The van der Waals surface area contributed by atoms with E-state index < -0.39 is 0 Å². The number of nitrogens with one attached hydrogen (secondary N) is 1. The summed E-state index contributed by atoms with van der Waals surface area (Å²) in [6.07, 6.45) is 2.75. The van der Waals surface area contributed by atoms with E-state index in [0.717, 1.165) is 24.2 Å². The van der Waals surface area contributed by atoms with Gasteiger partial charge in [0.05, 0.1) is 0 Å². The fourth-order valence-electron chi connectivity index (χ4n) is 2.93. The van der Waals surface area contributed by atoms with Crippen LogP contribution >= 0.6 is 11.6 Å². The summed E-state index contributed by atoms with van der Waals surface area (Å²) >= 11 is 5.89. The van der Waals surface area contributed by atoms with Crippen LogP contribution in [0.25, 0.3) is 11.4 Å². The van der Waals surface area contributed by atoms with Gasteiger partial charge < -0.3 is 14.4 Å². The van der Waals surface area contributed by atoms with Gasteiger partial charge in [0.1, 0.15) is 6.04 Å². The van der Waals surface area contributed by atoms with Gasteiger partial charge in [-0.05, 0) is 43.0 Å². The van der Waals surface area contributed by atoms with Crippen molar-refractivity contribution >= 4 is 17.5 Å². The van der Waals surface area contributed by atoms with Crippen molar-refractivity contribution in [2.45, 2.75) is 51.5 Å². The first-order chi connectivity index (χ1) is 14.0. The zero-order valence-electron chi connectivity index (χ0n) is 16.3. The molecule has 0 spiro atoms. The van der Waals surface area contributed by atoms with Crippen molar-refractivity contribution in [3.8, 4) is 11.4 Å². The molecule has 4 rings (SSSR count). The lowest BCUT2D eigenvalue weighted by Crippen LogP contribution is -2.32. The van der Waals surface area contributed by atoms with Crippen LogP contribution < -0.4 is 5.32 Å². The van der Waals surface area contributed by atoms with E-state index in [1.165, 1.54) is 0 Å². The van der Waals surface area contributed by atoms with Crippen LogP contribution in [0.1, 0.15) is 62.7 Å². The smallest absolute Gasteiger partial charge is 0.249 e. The summed E-state index contributed by atoms with van der Waals surface area (Å²) in [7, 11) is 0. The first-order valence-corrected chi connectivity index (χ1v) is 10.1. The fraction of sp³-hybridized carbons (Fsp3) is 0.450. The lowest BCUT2D eigenvalue weighted by Gasteiger charge is -2.18. The maximum Gasteiger partial charge on any atom is 0.249 e. The summed E-state index contributed by atoms with van der Waals surface area (Å²) in [4.78, 5) is 21.3. The predicted molar refractivity (Wildman–Crippen MR) is 105 cm³/mol. The Kier molecular flexibility index (Phi) is 5.62. The molecule has 1 aromatic carbocycles. The Balaban J connectivity index is 1.34. The van der Waals surface area contributed by atoms with E-state index in [0.29, 0.717) is 35.0 Å². The molecule has 0 saturated heterocycles. The van der Waals surface area contributed by atoms with Gasteiger partial charge in [-0.3, -0.25) is 4.79 Å². The first kappa shape index (κ1) is 19.6. The number of carbonyl (C=O) groups is 1. The molecule has 2 aromatic heterocycles. The highest BCUT2D eigenvalue weighted by Gasteiger charge is 2.31. The number of carbonyl (C=O) groups excluding carboxylic acids is 1. The van der Waals surface area contributed by atoms with E-state index in [9.17, 15) is 4.79 Å². The van der Waals surface area contributed by atoms with E-state index in [4.69, 9.17) is 20.6 Å². The molecule has 1 amide bonds. The van der Waals surface area contributed by atoms with E-state index in [1.807, 2.05) is 26.0 Å². The van der Waals surface area contributed by atoms with Crippen molar-refractivity contribution in [3.63, 3.8) is 0 Å². The zero-order valence-corrected chi connectivity index (χ0v) is 17.0. The molecule has 3 aromatic rings. The SMILES string of the molecule is CC(C)C(NC(=O)CCc1nc(-c2ccc(Cl)cc2)no1)c1nc(C2CC2)no1. The van der Waals surface area contributed by atoms with Crippen molar-refractivity contribution < 1.29 is 13.8 Å². The van der Waals surface area contributed by atoms with Crippen LogP contribution in [-0.2, 0) is 11.2 Å². The van der Waals surface area contributed by atoms with E-state index >= 15 is 0 Å². The van der Waals surface area contributed by atoms with Crippen LogP contribution in [0.2, 0.25) is 5.02 Å². The minimum Gasteiger partial charge on any atom is -0.344 e. The average Bonchev–Trinajstić information content (AvgIpc) is 3.25. The number of hydrogen-bond acceptors (Lipinski definition) is 7. The first-order valence-electron chi connectivity index (χ1n) is 9.71. The molecule has 0 bridgehead atoms. The highest BCUT2D eigenvalue weighted by molar-refractivity contribution is 6.30. The van der Waals surface area contributed by atoms with Crippen molar-refractivity contribution in [1.29, 1.82) is 0 Å². The summed E-state index contributed by atoms with van der Waals surface area (Å²) in [6.45, 7) is 4.00. The largest absolute Gasteiger partial charge is 0.344 e. The van der Waals surface area contributed by atoms with Crippen LogP contribution in [-0.4, -0.2) is 26.2 Å². The molecular formula is C20H22ClN5O3. The molecule has 152 valence electrons. The summed E-state index contributed by atoms with van der Waals surface area (Å²) in [5, 5.41) is 11.6. The summed E-state index contributed by atoms with van der Waals surface area (Å²) in [5.41, 5.74) is 0.802. The normalized spacial score (nSPS) is 14.9. The maximum atomic E-state index is 12.5. The van der Waals surface area contributed by atoms with Gasteiger partial charge >= 0.3 is 0 Å². The molecule has 0 radical (unpaired) electrons. The van der Waals surface area contributed by atoms with Crippen molar-refractivity contribution in [2.75, 3.05) is 0 Å². The lowest BCUT2D eigenvalue weighted by molar-refractivity contribution is -0.122. The van der Waals surface area contributed by atoms with E-state index in [1.54, 1.807) is 12.1 Å². The van der Waals surface area contributed by atoms with Crippen molar-refractivity contribution in [1.82, 2.24) is 25.6 Å². The van der Waals surface area contributed by atoms with Crippen LogP contribution in [0.3, 0.4) is 0 Å². The van der Waals surface area contributed by atoms with Crippen LogP contribution in [0.5, 0.6) is 0 Å². The number of aromatic nitrogens is 4. The standard InChI is InChI=1S/C20H22ClN5O3/c1-11(2)17(20-24-19(26-29-20)12-3-4-12)22-15(27)9-10-16-23-18(25-28-16)13-5-7-14(21)8-6-13/h5-8,11-12,17H,3-4,9-10H2,1-2H3,(H,22,27). The summed E-state index contributed by atoms with van der Waals surface area (Å²) in [5.74, 6) is 2.45. The Morgan fingerprint density at radius 3 is 2.62 bits per heavy atom.